The maximum atomic E-state index is 14.3. The molecule has 43 heavy (non-hydrogen) atoms. The van der Waals surface area contributed by atoms with Crippen LogP contribution in [0.5, 0.6) is 0 Å². The first-order valence-corrected chi connectivity index (χ1v) is 15.8. The first kappa shape index (κ1) is 27.0. The lowest BCUT2D eigenvalue weighted by atomic mass is 9.98. The minimum absolute atomic E-state index is 0.0645. The van der Waals surface area contributed by atoms with Crippen LogP contribution in [0.15, 0.2) is 102 Å². The number of ether oxygens (including phenoxy) is 1. The molecule has 1 aliphatic carbocycles. The number of carbonyl (C=O) groups is 1. The summed E-state index contributed by atoms with van der Waals surface area (Å²) in [6.45, 7) is 0.829. The Morgan fingerprint density at radius 2 is 1.65 bits per heavy atom. The second-order valence-electron chi connectivity index (χ2n) is 11.0. The Labute approximate surface area is 250 Å². The highest BCUT2D eigenvalue weighted by molar-refractivity contribution is 7.93. The lowest BCUT2D eigenvalue weighted by Gasteiger charge is -2.39. The highest BCUT2D eigenvalue weighted by atomic mass is 32.2. The Balaban J connectivity index is 1.18. The summed E-state index contributed by atoms with van der Waals surface area (Å²) in [4.78, 5) is 22.7. The Morgan fingerprint density at radius 3 is 2.37 bits per heavy atom. The highest BCUT2D eigenvalue weighted by Crippen LogP contribution is 2.45. The summed E-state index contributed by atoms with van der Waals surface area (Å²) >= 11 is 0. The van der Waals surface area contributed by atoms with Gasteiger partial charge < -0.3 is 20.4 Å². The predicted octanol–water partition coefficient (Wildman–Crippen LogP) is 5.75. The number of nitrogens with zero attached hydrogens (tertiary/aromatic N) is 3. The molecule has 2 aromatic heterocycles. The predicted molar refractivity (Wildman–Crippen MR) is 166 cm³/mol. The molecule has 0 bridgehead atoms. The number of aromatic nitrogens is 2. The molecular formula is C33H31N5O4S. The van der Waals surface area contributed by atoms with Crippen LogP contribution < -0.4 is 10.0 Å². The topological polar surface area (TPSA) is 122 Å². The van der Waals surface area contributed by atoms with Crippen LogP contribution in [-0.2, 0) is 14.8 Å². The third kappa shape index (κ3) is 4.67. The molecule has 1 atom stereocenters. The van der Waals surface area contributed by atoms with Gasteiger partial charge in [0.15, 0.2) is 0 Å². The smallest absolute Gasteiger partial charge is 0.409 e. The number of hydrogen-bond acceptors (Lipinski definition) is 6. The van der Waals surface area contributed by atoms with Crippen molar-refractivity contribution in [3.63, 3.8) is 0 Å². The number of carbonyl (C=O) groups excluding carboxylic acids is 1. The van der Waals surface area contributed by atoms with Crippen molar-refractivity contribution >= 4 is 38.5 Å². The number of hydrogen-bond donors (Lipinski definition) is 2. The van der Waals surface area contributed by atoms with Gasteiger partial charge in [0.2, 0.25) is 0 Å². The number of likely N-dealkylation sites (tertiary alicyclic amines) is 1. The lowest BCUT2D eigenvalue weighted by Crippen LogP contribution is -2.52. The van der Waals surface area contributed by atoms with E-state index >= 15 is 0 Å². The molecule has 0 spiro atoms. The van der Waals surface area contributed by atoms with Crippen molar-refractivity contribution in [1.82, 2.24) is 14.9 Å². The second kappa shape index (κ2) is 10.8. The number of nitrogen functional groups attached to an aromatic ring is 1. The molecular weight excluding hydrogens is 562 g/mol. The number of benzene rings is 3. The zero-order chi connectivity index (χ0) is 29.6. The summed E-state index contributed by atoms with van der Waals surface area (Å²) in [6.07, 6.45) is 3.87. The number of H-pyrrole nitrogens is 1. The molecule has 0 radical (unpaired) electrons. The van der Waals surface area contributed by atoms with Gasteiger partial charge in [0.05, 0.1) is 28.5 Å². The van der Waals surface area contributed by atoms with Gasteiger partial charge in [-0.2, -0.15) is 0 Å². The molecule has 1 fully saturated rings. The SMILES string of the molecule is Nc1cnc2[nH]ccc2c1N(C1CCCN(C(=O)OCC2c3ccccc3-c3ccccc32)C1)S(=O)(=O)c1ccccc1. The summed E-state index contributed by atoms with van der Waals surface area (Å²) in [5.41, 5.74) is 12.1. The standard InChI is InChI=1S/C33H31N5O4S/c34-30-19-36-32-28(16-17-35-32)31(30)38(43(40,41)23-10-2-1-3-11-23)22-9-8-18-37(20-22)33(39)42-21-29-26-14-6-4-12-24(26)25-13-5-7-15-27(25)29/h1-7,10-17,19,22,29H,8-9,18,20-21,34H2,(H,35,36). The highest BCUT2D eigenvalue weighted by Gasteiger charge is 2.39. The fourth-order valence-corrected chi connectivity index (χ4v) is 8.19. The average Bonchev–Trinajstić information content (AvgIpc) is 3.64. The Kier molecular flexibility index (Phi) is 6.78. The van der Waals surface area contributed by atoms with E-state index in [9.17, 15) is 13.2 Å². The fourth-order valence-electron chi connectivity index (χ4n) is 6.46. The molecule has 3 N–H and O–H groups in total. The normalized spacial score (nSPS) is 16.6. The van der Waals surface area contributed by atoms with E-state index in [-0.39, 0.29) is 29.7 Å². The number of nitrogens with two attached hydrogens (primary N) is 1. The van der Waals surface area contributed by atoms with Gasteiger partial charge in [-0.15, -0.1) is 0 Å². The van der Waals surface area contributed by atoms with Crippen molar-refractivity contribution < 1.29 is 17.9 Å². The van der Waals surface area contributed by atoms with Crippen molar-refractivity contribution in [2.24, 2.45) is 0 Å². The number of aromatic amines is 1. The van der Waals surface area contributed by atoms with E-state index in [1.165, 1.54) is 10.5 Å². The van der Waals surface area contributed by atoms with Gasteiger partial charge in [-0.1, -0.05) is 66.7 Å². The van der Waals surface area contributed by atoms with E-state index in [2.05, 4.69) is 34.2 Å². The Bertz CT molecular complexity index is 1880. The van der Waals surface area contributed by atoms with Gasteiger partial charge in [0, 0.05) is 30.6 Å². The van der Waals surface area contributed by atoms with Crippen LogP contribution in [-0.4, -0.2) is 55.1 Å². The number of piperidine rings is 1. The van der Waals surface area contributed by atoms with Crippen molar-refractivity contribution in [3.05, 3.63) is 108 Å². The fraction of sp³-hybridized carbons (Fsp3) is 0.212. The van der Waals surface area contributed by atoms with Crippen LogP contribution in [0.3, 0.4) is 0 Å². The first-order valence-electron chi connectivity index (χ1n) is 14.3. The van der Waals surface area contributed by atoms with Gasteiger partial charge in [-0.25, -0.2) is 18.2 Å². The largest absolute Gasteiger partial charge is 0.448 e. The van der Waals surface area contributed by atoms with Gasteiger partial charge in [-0.05, 0) is 53.3 Å². The van der Waals surface area contributed by atoms with E-state index in [0.29, 0.717) is 36.1 Å². The molecule has 3 aromatic carbocycles. The minimum Gasteiger partial charge on any atom is -0.448 e. The van der Waals surface area contributed by atoms with Crippen LogP contribution >= 0.6 is 0 Å². The molecule has 218 valence electrons. The summed E-state index contributed by atoms with van der Waals surface area (Å²) in [7, 11) is -4.05. The zero-order valence-electron chi connectivity index (χ0n) is 23.4. The van der Waals surface area contributed by atoms with E-state index in [1.807, 2.05) is 24.3 Å². The van der Waals surface area contributed by atoms with E-state index in [1.54, 1.807) is 47.5 Å². The van der Waals surface area contributed by atoms with Crippen LogP contribution in [0.1, 0.15) is 29.9 Å². The maximum Gasteiger partial charge on any atom is 0.409 e. The van der Waals surface area contributed by atoms with Gasteiger partial charge in [0.25, 0.3) is 10.0 Å². The van der Waals surface area contributed by atoms with Crippen molar-refractivity contribution in [2.45, 2.75) is 29.7 Å². The number of sulfonamides is 1. The van der Waals surface area contributed by atoms with Crippen LogP contribution in [0, 0.1) is 0 Å². The maximum absolute atomic E-state index is 14.3. The first-order chi connectivity index (χ1) is 20.9. The van der Waals surface area contributed by atoms with Crippen LogP contribution in [0.4, 0.5) is 16.2 Å². The van der Waals surface area contributed by atoms with Crippen molar-refractivity contribution in [3.8, 4) is 11.1 Å². The van der Waals surface area contributed by atoms with Crippen molar-refractivity contribution in [1.29, 1.82) is 0 Å². The molecule has 0 saturated carbocycles. The quantitative estimate of drug-likeness (QED) is 0.258. The number of rotatable bonds is 6. The number of nitrogens with one attached hydrogen (secondary N) is 1. The van der Waals surface area contributed by atoms with E-state index < -0.39 is 22.2 Å². The molecule has 2 aliphatic rings. The van der Waals surface area contributed by atoms with E-state index in [4.69, 9.17) is 10.5 Å². The van der Waals surface area contributed by atoms with E-state index in [0.717, 1.165) is 22.3 Å². The second-order valence-corrected chi connectivity index (χ2v) is 12.8. The minimum atomic E-state index is -4.05. The Morgan fingerprint density at radius 1 is 0.977 bits per heavy atom. The summed E-state index contributed by atoms with van der Waals surface area (Å²) < 4.78 is 35.9. The third-order valence-electron chi connectivity index (χ3n) is 8.43. The molecule has 1 saturated heterocycles. The molecule has 9 nitrogen and oxygen atoms in total. The molecule has 1 unspecified atom stereocenters. The molecule has 1 aliphatic heterocycles. The van der Waals surface area contributed by atoms with Gasteiger partial charge in [0.1, 0.15) is 12.3 Å². The lowest BCUT2D eigenvalue weighted by molar-refractivity contribution is 0.0899. The summed E-state index contributed by atoms with van der Waals surface area (Å²) in [5, 5.41) is 0.595. The van der Waals surface area contributed by atoms with Crippen molar-refractivity contribution in [2.75, 3.05) is 29.7 Å². The van der Waals surface area contributed by atoms with Crippen LogP contribution in [0.25, 0.3) is 22.2 Å². The number of fused-ring (bicyclic) bond motifs is 4. The monoisotopic (exact) mass is 593 g/mol. The summed E-state index contributed by atoms with van der Waals surface area (Å²) in [6, 6.07) is 25.9. The summed E-state index contributed by atoms with van der Waals surface area (Å²) in [5.74, 6) is -0.0645. The Hall–Kier alpha value is -4.83. The molecule has 1 amide bonds. The molecule has 7 rings (SSSR count). The number of amides is 1. The van der Waals surface area contributed by atoms with Crippen LogP contribution in [0.2, 0.25) is 0 Å². The molecule has 10 heteroatoms. The number of anilines is 2. The molecule has 5 aromatic rings. The molecule has 3 heterocycles. The third-order valence-corrected chi connectivity index (χ3v) is 10.3. The van der Waals surface area contributed by atoms with Gasteiger partial charge >= 0.3 is 6.09 Å². The average molecular weight is 594 g/mol. The van der Waals surface area contributed by atoms with Gasteiger partial charge in [-0.3, -0.25) is 4.31 Å². The number of pyridine rings is 1. The zero-order valence-corrected chi connectivity index (χ0v) is 24.2.